The molecule has 0 aliphatic carbocycles. The Hall–Kier alpha value is -4.00. The number of thioether (sulfide) groups is 1. The number of carbonyl (C=O) groups excluding carboxylic acids is 1. The van der Waals surface area contributed by atoms with Crippen molar-refractivity contribution in [3.05, 3.63) is 76.3 Å². The summed E-state index contributed by atoms with van der Waals surface area (Å²) >= 11 is 2.84. The van der Waals surface area contributed by atoms with Crippen LogP contribution < -0.4 is 15.0 Å². The number of nitro groups is 1. The number of aromatic nitrogens is 1. The lowest BCUT2D eigenvalue weighted by Crippen LogP contribution is -2.36. The second-order valence-electron chi connectivity index (χ2n) is 8.53. The molecule has 0 spiro atoms. The van der Waals surface area contributed by atoms with E-state index >= 15 is 0 Å². The number of hydrogen-bond acceptors (Lipinski definition) is 10. The molecule has 0 saturated carbocycles. The van der Waals surface area contributed by atoms with Gasteiger partial charge in [-0.3, -0.25) is 19.9 Å². The molecule has 4 aromatic rings. The van der Waals surface area contributed by atoms with E-state index in [-0.39, 0.29) is 22.3 Å². The van der Waals surface area contributed by atoms with Gasteiger partial charge < -0.3 is 19.7 Å². The molecule has 1 aliphatic rings. The topological polar surface area (TPSA) is 119 Å². The van der Waals surface area contributed by atoms with Crippen LogP contribution >= 0.6 is 23.1 Å². The van der Waals surface area contributed by atoms with Crippen LogP contribution in [-0.2, 0) is 9.53 Å². The largest absolute Gasteiger partial charge is 0.495 e. The van der Waals surface area contributed by atoms with E-state index in [9.17, 15) is 14.9 Å². The number of hydrogen-bond donors (Lipinski definition) is 1. The van der Waals surface area contributed by atoms with Crippen molar-refractivity contribution in [1.29, 1.82) is 0 Å². The number of anilines is 2. The van der Waals surface area contributed by atoms with E-state index < -0.39 is 0 Å². The van der Waals surface area contributed by atoms with Crippen LogP contribution in [0.25, 0.3) is 10.2 Å². The first kappa shape index (κ1) is 26.6. The number of nitro benzene ring substituents is 1. The Morgan fingerprint density at radius 3 is 2.85 bits per heavy atom. The Labute approximate surface area is 232 Å². The Morgan fingerprint density at radius 2 is 2.05 bits per heavy atom. The first-order valence-electron chi connectivity index (χ1n) is 12.1. The van der Waals surface area contributed by atoms with Crippen LogP contribution in [0.2, 0.25) is 0 Å². The number of amides is 1. The highest BCUT2D eigenvalue weighted by Gasteiger charge is 2.21. The third-order valence-electron chi connectivity index (χ3n) is 5.97. The number of para-hydroxylation sites is 2. The number of rotatable bonds is 9. The molecule has 5 rings (SSSR count). The number of aliphatic imine (C=N–C) groups is 1. The van der Waals surface area contributed by atoms with Crippen LogP contribution in [0, 0.1) is 10.1 Å². The lowest BCUT2D eigenvalue weighted by atomic mass is 10.1. The fourth-order valence-electron chi connectivity index (χ4n) is 4.08. The van der Waals surface area contributed by atoms with Crippen molar-refractivity contribution in [3.8, 4) is 5.75 Å². The van der Waals surface area contributed by atoms with Crippen molar-refractivity contribution in [2.24, 2.45) is 4.99 Å². The summed E-state index contributed by atoms with van der Waals surface area (Å²) in [6.45, 7) is 2.35. The molecule has 0 bridgehead atoms. The summed E-state index contributed by atoms with van der Waals surface area (Å²) in [5, 5.41) is 14.6. The Kier molecular flexibility index (Phi) is 8.35. The van der Waals surface area contributed by atoms with Crippen molar-refractivity contribution in [3.63, 3.8) is 0 Å². The predicted octanol–water partition coefficient (Wildman–Crippen LogP) is 5.53. The third-order valence-corrected chi connectivity index (χ3v) is 8.13. The number of nitrogens with zero attached hydrogens (tertiary/aromatic N) is 4. The van der Waals surface area contributed by atoms with Gasteiger partial charge in [0.15, 0.2) is 4.34 Å². The first-order valence-corrected chi connectivity index (χ1v) is 13.9. The van der Waals surface area contributed by atoms with Crippen LogP contribution in [0.15, 0.2) is 70.0 Å². The van der Waals surface area contributed by atoms with Crippen molar-refractivity contribution in [1.82, 2.24) is 4.98 Å². The molecule has 2 heterocycles. The molecule has 1 amide bonds. The highest BCUT2D eigenvalue weighted by atomic mass is 32.2. The van der Waals surface area contributed by atoms with Gasteiger partial charge in [-0.1, -0.05) is 30.0 Å². The maximum absolute atomic E-state index is 12.4. The third kappa shape index (κ3) is 6.53. The summed E-state index contributed by atoms with van der Waals surface area (Å²) in [7, 11) is 1.56. The molecule has 12 heteroatoms. The number of nitrogens with one attached hydrogen (secondary N) is 1. The number of carbonyl (C=O) groups is 1. The molecule has 3 aromatic carbocycles. The summed E-state index contributed by atoms with van der Waals surface area (Å²) in [4.78, 5) is 34.9. The number of methoxy groups -OCH3 is 1. The molecule has 0 radical (unpaired) electrons. The van der Waals surface area contributed by atoms with Crippen LogP contribution in [0.3, 0.4) is 0 Å². The minimum atomic E-state index is -0.360. The van der Waals surface area contributed by atoms with E-state index in [1.54, 1.807) is 37.6 Å². The second-order valence-corrected chi connectivity index (χ2v) is 10.8. The quantitative estimate of drug-likeness (QED) is 0.122. The lowest BCUT2D eigenvalue weighted by molar-refractivity contribution is -0.384. The minimum absolute atomic E-state index is 0.0511. The lowest BCUT2D eigenvalue weighted by Gasteiger charge is -2.28. The van der Waals surface area contributed by atoms with E-state index in [4.69, 9.17) is 9.47 Å². The summed E-state index contributed by atoms with van der Waals surface area (Å²) in [6.07, 6.45) is 1.62. The van der Waals surface area contributed by atoms with E-state index in [2.05, 4.69) is 15.3 Å². The van der Waals surface area contributed by atoms with Crippen molar-refractivity contribution in [2.45, 2.75) is 4.34 Å². The highest BCUT2D eigenvalue weighted by molar-refractivity contribution is 8.01. The summed E-state index contributed by atoms with van der Waals surface area (Å²) in [5.74, 6) is 0.664. The van der Waals surface area contributed by atoms with Crippen molar-refractivity contribution in [2.75, 3.05) is 49.4 Å². The smallest absolute Gasteiger partial charge is 0.293 e. The minimum Gasteiger partial charge on any atom is -0.495 e. The number of morpholine rings is 1. The van der Waals surface area contributed by atoms with Crippen molar-refractivity contribution < 1.29 is 19.2 Å². The Bertz CT molecular complexity index is 1530. The standard InChI is InChI=1S/C27H25N5O5S2/c1-36-24-5-3-2-4-20(24)29-26(33)17-38-27-30-21-8-7-19(15-25(21)39-27)28-16-18-6-9-22(23(14-18)32(34)35)31-10-12-37-13-11-31/h2-9,14-16H,10-13,17H2,1H3,(H,29,33). The molecule has 0 atom stereocenters. The first-order chi connectivity index (χ1) is 19.0. The van der Waals surface area contributed by atoms with Crippen LogP contribution in [0.1, 0.15) is 5.56 Å². The normalized spacial score (nSPS) is 13.6. The zero-order valence-electron chi connectivity index (χ0n) is 21.0. The highest BCUT2D eigenvalue weighted by Crippen LogP contribution is 2.33. The molecule has 1 aliphatic heterocycles. The molecule has 0 unspecified atom stereocenters. The van der Waals surface area contributed by atoms with Gasteiger partial charge in [-0.25, -0.2) is 4.98 Å². The van der Waals surface area contributed by atoms with Gasteiger partial charge in [0, 0.05) is 25.4 Å². The maximum atomic E-state index is 12.4. The van der Waals surface area contributed by atoms with Crippen LogP contribution in [0.4, 0.5) is 22.7 Å². The van der Waals surface area contributed by atoms with Gasteiger partial charge in [0.25, 0.3) is 5.69 Å². The Morgan fingerprint density at radius 1 is 1.23 bits per heavy atom. The van der Waals surface area contributed by atoms with Gasteiger partial charge >= 0.3 is 0 Å². The molecule has 10 nitrogen and oxygen atoms in total. The van der Waals surface area contributed by atoms with Gasteiger partial charge in [-0.2, -0.15) is 0 Å². The summed E-state index contributed by atoms with van der Waals surface area (Å²) in [6, 6.07) is 18.0. The SMILES string of the molecule is COc1ccccc1NC(=O)CSc1nc2ccc(N=Cc3ccc(N4CCOCC4)c([N+](=O)[O-])c3)cc2s1. The van der Waals surface area contributed by atoms with Gasteiger partial charge in [0.05, 0.1) is 52.6 Å². The molecule has 1 aromatic heterocycles. The average Bonchev–Trinajstić information content (AvgIpc) is 3.38. The zero-order chi connectivity index (χ0) is 27.2. The van der Waals surface area contributed by atoms with E-state index in [1.165, 1.54) is 23.1 Å². The van der Waals surface area contributed by atoms with E-state index in [0.717, 1.165) is 14.6 Å². The van der Waals surface area contributed by atoms with Gasteiger partial charge in [-0.15, -0.1) is 11.3 Å². The summed E-state index contributed by atoms with van der Waals surface area (Å²) < 4.78 is 12.3. The molecular formula is C27H25N5O5S2. The fourth-order valence-corrected chi connectivity index (χ4v) is 5.98. The number of ether oxygens (including phenoxy) is 2. The van der Waals surface area contributed by atoms with Gasteiger partial charge in [-0.05, 0) is 42.0 Å². The monoisotopic (exact) mass is 563 g/mol. The van der Waals surface area contributed by atoms with Gasteiger partial charge in [0.2, 0.25) is 5.91 Å². The average molecular weight is 564 g/mol. The van der Waals surface area contributed by atoms with Crippen LogP contribution in [-0.4, -0.2) is 61.2 Å². The van der Waals surface area contributed by atoms with Crippen LogP contribution in [0.5, 0.6) is 5.75 Å². The van der Waals surface area contributed by atoms with Gasteiger partial charge in [0.1, 0.15) is 11.4 Å². The number of fused-ring (bicyclic) bond motifs is 1. The maximum Gasteiger partial charge on any atom is 0.293 e. The van der Waals surface area contributed by atoms with E-state index in [1.807, 2.05) is 41.3 Å². The molecule has 1 N–H and O–H groups in total. The Balaban J connectivity index is 1.25. The fraction of sp³-hybridized carbons (Fsp3) is 0.222. The molecular weight excluding hydrogens is 538 g/mol. The second kappa shape index (κ2) is 12.2. The molecule has 39 heavy (non-hydrogen) atoms. The van der Waals surface area contributed by atoms with Crippen molar-refractivity contribution >= 4 is 68.2 Å². The number of benzene rings is 3. The predicted molar refractivity (Wildman–Crippen MR) is 155 cm³/mol. The molecule has 200 valence electrons. The molecule has 1 saturated heterocycles. The summed E-state index contributed by atoms with van der Waals surface area (Å²) in [5.41, 5.74) is 3.43. The number of thiazole rings is 1. The van der Waals surface area contributed by atoms with E-state index in [0.29, 0.717) is 54.7 Å². The zero-order valence-corrected chi connectivity index (χ0v) is 22.7. The molecule has 1 fully saturated rings.